The van der Waals surface area contributed by atoms with E-state index in [-0.39, 0.29) is 18.7 Å². The minimum Gasteiger partial charge on any atom is -0.468 e. The molecule has 0 spiro atoms. The molecule has 6 nitrogen and oxygen atoms in total. The molecule has 0 unspecified atom stereocenters. The van der Waals surface area contributed by atoms with Gasteiger partial charge >= 0.3 is 11.9 Å². The van der Waals surface area contributed by atoms with E-state index in [9.17, 15) is 14.4 Å². The van der Waals surface area contributed by atoms with Gasteiger partial charge in [0.25, 0.3) is 5.91 Å². The molecular formula is C16H19NO5. The molecule has 0 saturated carbocycles. The number of carbonyl (C=O) groups is 3. The SMILES string of the molecule is COC(=O)C1(C(=O)OC)CCN(C(=O)c2ccccc2)CC1. The van der Waals surface area contributed by atoms with Gasteiger partial charge in [0.05, 0.1) is 14.2 Å². The Morgan fingerprint density at radius 1 is 0.955 bits per heavy atom. The van der Waals surface area contributed by atoms with Gasteiger partial charge in [-0.2, -0.15) is 0 Å². The monoisotopic (exact) mass is 305 g/mol. The second-order valence-electron chi connectivity index (χ2n) is 5.22. The Balaban J connectivity index is 2.12. The highest BCUT2D eigenvalue weighted by Crippen LogP contribution is 2.34. The number of carbonyl (C=O) groups excluding carboxylic acids is 3. The molecule has 1 amide bonds. The number of hydrogen-bond acceptors (Lipinski definition) is 5. The molecule has 0 N–H and O–H groups in total. The second kappa shape index (κ2) is 6.60. The Bertz CT molecular complexity index is 543. The Kier molecular flexibility index (Phi) is 4.80. The molecule has 0 radical (unpaired) electrons. The van der Waals surface area contributed by atoms with E-state index in [1.54, 1.807) is 29.2 Å². The zero-order chi connectivity index (χ0) is 16.2. The fourth-order valence-electron chi connectivity index (χ4n) is 2.74. The maximum Gasteiger partial charge on any atom is 0.323 e. The summed E-state index contributed by atoms with van der Waals surface area (Å²) >= 11 is 0. The number of hydrogen-bond donors (Lipinski definition) is 0. The predicted octanol–water partition coefficient (Wildman–Crippen LogP) is 1.25. The maximum atomic E-state index is 12.4. The lowest BCUT2D eigenvalue weighted by Crippen LogP contribution is -2.51. The number of nitrogens with zero attached hydrogens (tertiary/aromatic N) is 1. The Morgan fingerprint density at radius 3 is 1.91 bits per heavy atom. The molecule has 1 aromatic carbocycles. The van der Waals surface area contributed by atoms with Gasteiger partial charge in [-0.25, -0.2) is 0 Å². The van der Waals surface area contributed by atoms with Crippen LogP contribution in [0.3, 0.4) is 0 Å². The third kappa shape index (κ3) is 2.81. The molecule has 1 aromatic rings. The Labute approximate surface area is 129 Å². The fraction of sp³-hybridized carbons (Fsp3) is 0.438. The van der Waals surface area contributed by atoms with Crippen molar-refractivity contribution in [2.24, 2.45) is 5.41 Å². The number of piperidine rings is 1. The Hall–Kier alpha value is -2.37. The van der Waals surface area contributed by atoms with E-state index in [1.165, 1.54) is 14.2 Å². The molecule has 0 atom stereocenters. The number of benzene rings is 1. The van der Waals surface area contributed by atoms with E-state index in [0.717, 1.165) is 0 Å². The van der Waals surface area contributed by atoms with Crippen molar-refractivity contribution in [1.29, 1.82) is 0 Å². The van der Waals surface area contributed by atoms with Crippen LogP contribution in [0.2, 0.25) is 0 Å². The van der Waals surface area contributed by atoms with Crippen molar-refractivity contribution in [3.05, 3.63) is 35.9 Å². The predicted molar refractivity (Wildman–Crippen MR) is 78.0 cm³/mol. The number of ether oxygens (including phenoxy) is 2. The van der Waals surface area contributed by atoms with E-state index in [1.807, 2.05) is 6.07 Å². The van der Waals surface area contributed by atoms with Crippen LogP contribution in [-0.4, -0.2) is 50.1 Å². The largest absolute Gasteiger partial charge is 0.468 e. The van der Waals surface area contributed by atoms with Crippen LogP contribution in [-0.2, 0) is 19.1 Å². The lowest BCUT2D eigenvalue weighted by Gasteiger charge is -2.37. The minimum atomic E-state index is -1.31. The molecule has 0 aromatic heterocycles. The summed E-state index contributed by atoms with van der Waals surface area (Å²) in [4.78, 5) is 38.0. The van der Waals surface area contributed by atoms with Gasteiger partial charge in [-0.3, -0.25) is 14.4 Å². The third-order valence-electron chi connectivity index (χ3n) is 4.08. The highest BCUT2D eigenvalue weighted by molar-refractivity contribution is 6.00. The summed E-state index contributed by atoms with van der Waals surface area (Å²) in [7, 11) is 2.49. The quantitative estimate of drug-likeness (QED) is 0.621. The van der Waals surface area contributed by atoms with Crippen molar-refractivity contribution < 1.29 is 23.9 Å². The topological polar surface area (TPSA) is 72.9 Å². The highest BCUT2D eigenvalue weighted by atomic mass is 16.5. The molecule has 22 heavy (non-hydrogen) atoms. The number of methoxy groups -OCH3 is 2. The zero-order valence-electron chi connectivity index (χ0n) is 12.7. The summed E-state index contributed by atoms with van der Waals surface area (Å²) < 4.78 is 9.51. The first kappa shape index (κ1) is 16.0. The molecule has 6 heteroatoms. The molecule has 118 valence electrons. The normalized spacial score (nSPS) is 16.7. The van der Waals surface area contributed by atoms with Gasteiger partial charge in [-0.15, -0.1) is 0 Å². The summed E-state index contributed by atoms with van der Waals surface area (Å²) in [5.74, 6) is -1.32. The smallest absolute Gasteiger partial charge is 0.323 e. The summed E-state index contributed by atoms with van der Waals surface area (Å²) in [6.45, 7) is 0.607. The molecule has 1 heterocycles. The van der Waals surface area contributed by atoms with Crippen molar-refractivity contribution in [3.8, 4) is 0 Å². The lowest BCUT2D eigenvalue weighted by molar-refractivity contribution is -0.172. The van der Waals surface area contributed by atoms with Crippen LogP contribution in [0, 0.1) is 5.41 Å². The van der Waals surface area contributed by atoms with Crippen molar-refractivity contribution in [2.45, 2.75) is 12.8 Å². The molecule has 1 aliphatic heterocycles. The van der Waals surface area contributed by atoms with Crippen LogP contribution in [0.4, 0.5) is 0 Å². The van der Waals surface area contributed by atoms with Gasteiger partial charge in [0.1, 0.15) is 0 Å². The van der Waals surface area contributed by atoms with Crippen LogP contribution in [0.15, 0.2) is 30.3 Å². The van der Waals surface area contributed by atoms with Gasteiger partial charge < -0.3 is 14.4 Å². The first-order valence-corrected chi connectivity index (χ1v) is 7.06. The molecule has 0 aliphatic carbocycles. The van der Waals surface area contributed by atoms with E-state index in [0.29, 0.717) is 18.7 Å². The molecule has 1 aliphatic rings. The molecule has 0 bridgehead atoms. The van der Waals surface area contributed by atoms with Gasteiger partial charge in [-0.05, 0) is 25.0 Å². The lowest BCUT2D eigenvalue weighted by atomic mass is 9.78. The van der Waals surface area contributed by atoms with E-state index >= 15 is 0 Å². The van der Waals surface area contributed by atoms with Crippen molar-refractivity contribution in [2.75, 3.05) is 27.3 Å². The third-order valence-corrected chi connectivity index (χ3v) is 4.08. The minimum absolute atomic E-state index is 0.107. The molecule has 1 saturated heterocycles. The average Bonchev–Trinajstić information content (AvgIpc) is 2.60. The highest BCUT2D eigenvalue weighted by Gasteiger charge is 2.50. The van der Waals surface area contributed by atoms with Crippen molar-refractivity contribution in [3.63, 3.8) is 0 Å². The number of likely N-dealkylation sites (tertiary alicyclic amines) is 1. The number of amides is 1. The summed E-state index contributed by atoms with van der Waals surface area (Å²) in [5, 5.41) is 0. The van der Waals surface area contributed by atoms with Gasteiger partial charge in [0.2, 0.25) is 0 Å². The molecular weight excluding hydrogens is 286 g/mol. The summed E-state index contributed by atoms with van der Waals surface area (Å²) in [6.07, 6.45) is 0.399. The van der Waals surface area contributed by atoms with Crippen LogP contribution in [0.1, 0.15) is 23.2 Å². The molecule has 1 fully saturated rings. The van der Waals surface area contributed by atoms with Crippen LogP contribution in [0.25, 0.3) is 0 Å². The standard InChI is InChI=1S/C16H19NO5/c1-21-14(19)16(15(20)22-2)8-10-17(11-9-16)13(18)12-6-4-3-5-7-12/h3-7H,8-11H2,1-2H3. The van der Waals surface area contributed by atoms with E-state index in [4.69, 9.17) is 9.47 Å². The molecule has 2 rings (SSSR count). The maximum absolute atomic E-state index is 12.4. The second-order valence-corrected chi connectivity index (χ2v) is 5.22. The van der Waals surface area contributed by atoms with Crippen LogP contribution in [0.5, 0.6) is 0 Å². The first-order chi connectivity index (χ1) is 10.5. The van der Waals surface area contributed by atoms with E-state index < -0.39 is 17.4 Å². The van der Waals surface area contributed by atoms with Crippen molar-refractivity contribution in [1.82, 2.24) is 4.90 Å². The Morgan fingerprint density at radius 2 is 1.45 bits per heavy atom. The van der Waals surface area contributed by atoms with E-state index in [2.05, 4.69) is 0 Å². The van der Waals surface area contributed by atoms with Gasteiger partial charge in [0, 0.05) is 18.7 Å². The van der Waals surface area contributed by atoms with Crippen LogP contribution >= 0.6 is 0 Å². The zero-order valence-corrected chi connectivity index (χ0v) is 12.7. The number of esters is 2. The average molecular weight is 305 g/mol. The van der Waals surface area contributed by atoms with Gasteiger partial charge in [0.15, 0.2) is 5.41 Å². The fourth-order valence-corrected chi connectivity index (χ4v) is 2.74. The van der Waals surface area contributed by atoms with Crippen LogP contribution < -0.4 is 0 Å². The first-order valence-electron chi connectivity index (χ1n) is 7.06. The van der Waals surface area contributed by atoms with Crippen molar-refractivity contribution >= 4 is 17.8 Å². The van der Waals surface area contributed by atoms with Gasteiger partial charge in [-0.1, -0.05) is 18.2 Å². The number of rotatable bonds is 3. The summed E-state index contributed by atoms with van der Waals surface area (Å²) in [6, 6.07) is 8.91. The summed E-state index contributed by atoms with van der Waals surface area (Å²) in [5.41, 5.74) is -0.720.